The molecule has 0 radical (unpaired) electrons. The van der Waals surface area contributed by atoms with Crippen molar-refractivity contribution in [2.24, 2.45) is 5.73 Å². The first-order valence-electron chi connectivity index (χ1n) is 4.73. The Kier molecular flexibility index (Phi) is 3.96. The fourth-order valence-corrected chi connectivity index (χ4v) is 1.87. The Bertz CT molecular complexity index is 310. The molecule has 1 aromatic carbocycles. The molecular weight excluding hydrogens is 240 g/mol. The van der Waals surface area contributed by atoms with Crippen molar-refractivity contribution < 1.29 is 0 Å². The number of hydrogen-bond donors (Lipinski definition) is 1. The molecule has 2 nitrogen and oxygen atoms in total. The number of rotatable bonds is 3. The second-order valence-corrected chi connectivity index (χ2v) is 4.70. The zero-order valence-electron chi connectivity index (χ0n) is 8.92. The molecule has 0 aliphatic heterocycles. The predicted octanol–water partition coefficient (Wildman–Crippen LogP) is 2.54. The van der Waals surface area contributed by atoms with Crippen LogP contribution in [0.5, 0.6) is 0 Å². The summed E-state index contributed by atoms with van der Waals surface area (Å²) in [4.78, 5) is 2.19. The molecule has 78 valence electrons. The third-order valence-corrected chi connectivity index (χ3v) is 2.64. The standard InChI is InChI=1S/C11H17BrN2/c1-8-4-5-10(12)6-11(8)14(3)7-9(2)13/h4-6,9H,7,13H2,1-3H3. The van der Waals surface area contributed by atoms with Crippen LogP contribution in [0, 0.1) is 6.92 Å². The van der Waals surface area contributed by atoms with Crippen LogP contribution in [-0.2, 0) is 0 Å². The smallest absolute Gasteiger partial charge is 0.0405 e. The zero-order chi connectivity index (χ0) is 10.7. The second-order valence-electron chi connectivity index (χ2n) is 3.79. The van der Waals surface area contributed by atoms with E-state index in [1.54, 1.807) is 0 Å². The van der Waals surface area contributed by atoms with Gasteiger partial charge in [0, 0.05) is 29.8 Å². The molecule has 0 bridgehead atoms. The lowest BCUT2D eigenvalue weighted by molar-refractivity contribution is 0.716. The fraction of sp³-hybridized carbons (Fsp3) is 0.455. The zero-order valence-corrected chi connectivity index (χ0v) is 10.5. The maximum absolute atomic E-state index is 5.77. The van der Waals surface area contributed by atoms with Gasteiger partial charge < -0.3 is 10.6 Å². The number of aryl methyl sites for hydroxylation is 1. The first-order chi connectivity index (χ1) is 6.50. The van der Waals surface area contributed by atoms with E-state index in [4.69, 9.17) is 5.73 Å². The van der Waals surface area contributed by atoms with E-state index in [9.17, 15) is 0 Å². The van der Waals surface area contributed by atoms with Gasteiger partial charge in [0.1, 0.15) is 0 Å². The lowest BCUT2D eigenvalue weighted by atomic mass is 10.2. The molecule has 0 amide bonds. The van der Waals surface area contributed by atoms with Crippen LogP contribution in [0.4, 0.5) is 5.69 Å². The molecule has 0 aliphatic carbocycles. The van der Waals surface area contributed by atoms with Crippen molar-refractivity contribution in [2.75, 3.05) is 18.5 Å². The van der Waals surface area contributed by atoms with Gasteiger partial charge in [0.05, 0.1) is 0 Å². The van der Waals surface area contributed by atoms with E-state index in [-0.39, 0.29) is 6.04 Å². The van der Waals surface area contributed by atoms with Crippen molar-refractivity contribution in [1.29, 1.82) is 0 Å². The van der Waals surface area contributed by atoms with E-state index in [1.807, 2.05) is 6.92 Å². The summed E-state index contributed by atoms with van der Waals surface area (Å²) in [7, 11) is 2.07. The summed E-state index contributed by atoms with van der Waals surface area (Å²) in [5.74, 6) is 0. The van der Waals surface area contributed by atoms with E-state index < -0.39 is 0 Å². The van der Waals surface area contributed by atoms with Gasteiger partial charge in [-0.15, -0.1) is 0 Å². The highest BCUT2D eigenvalue weighted by Crippen LogP contribution is 2.23. The van der Waals surface area contributed by atoms with Crippen molar-refractivity contribution in [3.8, 4) is 0 Å². The number of halogens is 1. The highest BCUT2D eigenvalue weighted by atomic mass is 79.9. The van der Waals surface area contributed by atoms with Crippen LogP contribution < -0.4 is 10.6 Å². The van der Waals surface area contributed by atoms with Gasteiger partial charge in [0.15, 0.2) is 0 Å². The third-order valence-electron chi connectivity index (χ3n) is 2.14. The van der Waals surface area contributed by atoms with Crippen LogP contribution >= 0.6 is 15.9 Å². The van der Waals surface area contributed by atoms with Gasteiger partial charge in [-0.3, -0.25) is 0 Å². The van der Waals surface area contributed by atoms with Crippen LogP contribution in [0.3, 0.4) is 0 Å². The molecule has 1 aromatic rings. The molecule has 3 heteroatoms. The molecule has 0 heterocycles. The number of nitrogens with zero attached hydrogens (tertiary/aromatic N) is 1. The minimum absolute atomic E-state index is 0.193. The quantitative estimate of drug-likeness (QED) is 0.901. The Hall–Kier alpha value is -0.540. The highest BCUT2D eigenvalue weighted by molar-refractivity contribution is 9.10. The molecular formula is C11H17BrN2. The van der Waals surface area contributed by atoms with Gasteiger partial charge >= 0.3 is 0 Å². The van der Waals surface area contributed by atoms with Crippen molar-refractivity contribution in [3.05, 3.63) is 28.2 Å². The number of hydrogen-bond acceptors (Lipinski definition) is 2. The van der Waals surface area contributed by atoms with Gasteiger partial charge in [-0.05, 0) is 31.5 Å². The summed E-state index contributed by atoms with van der Waals surface area (Å²) >= 11 is 3.47. The van der Waals surface area contributed by atoms with Crippen LogP contribution in [0.25, 0.3) is 0 Å². The number of likely N-dealkylation sites (N-methyl/N-ethyl adjacent to an activating group) is 1. The van der Waals surface area contributed by atoms with Gasteiger partial charge in [-0.2, -0.15) is 0 Å². The maximum atomic E-state index is 5.77. The molecule has 0 aromatic heterocycles. The molecule has 0 saturated carbocycles. The Labute approximate surface area is 94.2 Å². The van der Waals surface area contributed by atoms with E-state index in [0.717, 1.165) is 11.0 Å². The van der Waals surface area contributed by atoms with Crippen LogP contribution in [-0.4, -0.2) is 19.6 Å². The average molecular weight is 257 g/mol. The molecule has 1 unspecified atom stereocenters. The van der Waals surface area contributed by atoms with Crippen LogP contribution in [0.2, 0.25) is 0 Å². The van der Waals surface area contributed by atoms with E-state index in [0.29, 0.717) is 0 Å². The summed E-state index contributed by atoms with van der Waals surface area (Å²) in [5, 5.41) is 0. The summed E-state index contributed by atoms with van der Waals surface area (Å²) in [6, 6.07) is 6.48. The first-order valence-corrected chi connectivity index (χ1v) is 5.53. The highest BCUT2D eigenvalue weighted by Gasteiger charge is 2.06. The number of benzene rings is 1. The molecule has 0 fully saturated rings. The monoisotopic (exact) mass is 256 g/mol. The van der Waals surface area contributed by atoms with Crippen molar-refractivity contribution in [1.82, 2.24) is 0 Å². The van der Waals surface area contributed by atoms with E-state index in [1.165, 1.54) is 11.3 Å². The molecule has 0 aliphatic rings. The van der Waals surface area contributed by atoms with E-state index in [2.05, 4.69) is 53.0 Å². The van der Waals surface area contributed by atoms with E-state index >= 15 is 0 Å². The SMILES string of the molecule is Cc1ccc(Br)cc1N(C)CC(C)N. The average Bonchev–Trinajstić information content (AvgIpc) is 2.08. The van der Waals surface area contributed by atoms with Crippen LogP contribution in [0.1, 0.15) is 12.5 Å². The second kappa shape index (κ2) is 4.80. The summed E-state index contributed by atoms with van der Waals surface area (Å²) in [5.41, 5.74) is 8.27. The minimum Gasteiger partial charge on any atom is -0.373 e. The predicted molar refractivity (Wildman–Crippen MR) is 65.8 cm³/mol. The topological polar surface area (TPSA) is 29.3 Å². The fourth-order valence-electron chi connectivity index (χ4n) is 1.52. The number of nitrogens with two attached hydrogens (primary N) is 1. The normalized spacial score (nSPS) is 12.6. The summed E-state index contributed by atoms with van der Waals surface area (Å²) < 4.78 is 1.11. The Balaban J connectivity index is 2.88. The largest absolute Gasteiger partial charge is 0.373 e. The third kappa shape index (κ3) is 3.00. The summed E-state index contributed by atoms with van der Waals surface area (Å²) in [6.45, 7) is 5.00. The summed E-state index contributed by atoms with van der Waals surface area (Å²) in [6.07, 6.45) is 0. The number of anilines is 1. The van der Waals surface area contributed by atoms with Gasteiger partial charge in [0.2, 0.25) is 0 Å². The first kappa shape index (κ1) is 11.5. The lowest BCUT2D eigenvalue weighted by Crippen LogP contribution is -2.33. The molecule has 2 N–H and O–H groups in total. The van der Waals surface area contributed by atoms with Gasteiger partial charge in [-0.1, -0.05) is 22.0 Å². The Morgan fingerprint density at radius 1 is 1.50 bits per heavy atom. The molecule has 14 heavy (non-hydrogen) atoms. The van der Waals surface area contributed by atoms with Crippen molar-refractivity contribution in [3.63, 3.8) is 0 Å². The Morgan fingerprint density at radius 2 is 2.14 bits per heavy atom. The molecule has 0 spiro atoms. The minimum atomic E-state index is 0.193. The van der Waals surface area contributed by atoms with Gasteiger partial charge in [-0.25, -0.2) is 0 Å². The molecule has 1 rings (SSSR count). The molecule has 1 atom stereocenters. The van der Waals surface area contributed by atoms with Crippen molar-refractivity contribution in [2.45, 2.75) is 19.9 Å². The molecule has 0 saturated heterocycles. The van der Waals surface area contributed by atoms with Gasteiger partial charge in [0.25, 0.3) is 0 Å². The van der Waals surface area contributed by atoms with Crippen LogP contribution in [0.15, 0.2) is 22.7 Å². The Morgan fingerprint density at radius 3 is 2.71 bits per heavy atom. The lowest BCUT2D eigenvalue weighted by Gasteiger charge is -2.23. The maximum Gasteiger partial charge on any atom is 0.0405 e. The van der Waals surface area contributed by atoms with Crippen molar-refractivity contribution >= 4 is 21.6 Å².